The highest BCUT2D eigenvalue weighted by Gasteiger charge is 2.51. The normalized spacial score (nSPS) is 18.9. The molecule has 90 heavy (non-hydrogen) atoms. The fraction of sp³-hybridized carbons (Fsp3) is 0.360. The Labute approximate surface area is 533 Å². The van der Waals surface area contributed by atoms with Gasteiger partial charge in [0.05, 0.1) is 34.5 Å². The molecule has 14 nitrogen and oxygen atoms in total. The van der Waals surface area contributed by atoms with Gasteiger partial charge in [0.15, 0.2) is 0 Å². The fourth-order valence-electron chi connectivity index (χ4n) is 12.3. The number of nitrogens with one attached hydrogen (secondary N) is 2. The molecule has 2 heterocycles. The standard InChI is InChI=1S/C29H31NO5S.C23H30N2O2.C22H25NO2.CH5N/c1-20-14-16-25(17-15-20)36(33,34)35-30-28(31)26(18-21(2)23-10-6-4-7-11-23)27(29(30)32)19-22(3)24-12-8-5-9-13-24;1-16(18-10-6-4-7-11-18)14-20(22(24)26)21(23(27)25-3)15-17(2)19-12-8-5-9-13-19;1-15(17-9-5-3-6-10-17)13-19-20(22(25)23-21(19)24)14-16(2)18-11-7-4-8-12-18;1-2/h4-17,21-22,26-27H,18-19H2,1-3H3;4-13,16-17,20-21H,14-15H2,1-3H3,(H2,24,26)(H,25,27);3-12,15-16,19-20H,13-14H2,1-2H3,(H,23,24,25);2H2,1H3. The fourth-order valence-corrected chi connectivity index (χ4v) is 13.2. The molecule has 7 aromatic rings. The van der Waals surface area contributed by atoms with Crippen LogP contribution in [0.4, 0.5) is 0 Å². The first-order valence-corrected chi connectivity index (χ1v) is 32.7. The number of hydrogen-bond acceptors (Lipinski definition) is 10. The Balaban J connectivity index is 0.000000216. The van der Waals surface area contributed by atoms with Gasteiger partial charge in [-0.25, -0.2) is 0 Å². The van der Waals surface area contributed by atoms with Gasteiger partial charge >= 0.3 is 10.1 Å². The molecule has 6 amide bonds. The molecule has 15 heteroatoms. The third-order valence-corrected chi connectivity index (χ3v) is 18.9. The highest BCUT2D eigenvalue weighted by molar-refractivity contribution is 7.86. The van der Waals surface area contributed by atoms with E-state index in [0.29, 0.717) is 43.6 Å². The topological polar surface area (TPSA) is 225 Å². The largest absolute Gasteiger partial charge is 0.369 e. The highest BCUT2D eigenvalue weighted by atomic mass is 32.2. The Bertz CT molecular complexity index is 3360. The average Bonchev–Trinajstić information content (AvgIpc) is 1.67. The van der Waals surface area contributed by atoms with Gasteiger partial charge in [0.2, 0.25) is 23.6 Å². The van der Waals surface area contributed by atoms with E-state index in [4.69, 9.17) is 10.0 Å². The third-order valence-electron chi connectivity index (χ3n) is 17.7. The summed E-state index contributed by atoms with van der Waals surface area (Å²) < 4.78 is 31.0. The number of carbonyl (C=O) groups excluding carboxylic acids is 6. The number of nitrogens with zero attached hydrogens (tertiary/aromatic N) is 1. The smallest absolute Gasteiger partial charge is 0.318 e. The molecular formula is C75H91N5O9S. The van der Waals surface area contributed by atoms with Crippen LogP contribution >= 0.6 is 0 Å². The van der Waals surface area contributed by atoms with Crippen molar-refractivity contribution in [3.63, 3.8) is 0 Å². The van der Waals surface area contributed by atoms with Crippen LogP contribution in [0.25, 0.3) is 0 Å². The van der Waals surface area contributed by atoms with E-state index in [0.717, 1.165) is 27.8 Å². The Morgan fingerprint density at radius 1 is 0.456 bits per heavy atom. The zero-order valence-corrected chi connectivity index (χ0v) is 54.3. The van der Waals surface area contributed by atoms with Crippen molar-refractivity contribution in [3.05, 3.63) is 245 Å². The highest BCUT2D eigenvalue weighted by Crippen LogP contribution is 2.42. The van der Waals surface area contributed by atoms with Crippen LogP contribution in [-0.2, 0) is 43.2 Å². The molecule has 7 aromatic carbocycles. The second-order valence-corrected chi connectivity index (χ2v) is 25.6. The van der Waals surface area contributed by atoms with Crippen molar-refractivity contribution < 1.29 is 41.5 Å². The molecule has 2 aliphatic rings. The first kappa shape index (κ1) is 70.7. The van der Waals surface area contributed by atoms with Gasteiger partial charge in [-0.3, -0.25) is 34.1 Å². The van der Waals surface area contributed by atoms with Crippen LogP contribution in [0.1, 0.15) is 155 Å². The number of imide groups is 2. The Kier molecular flexibility index (Phi) is 27.2. The Morgan fingerprint density at radius 2 is 0.733 bits per heavy atom. The average molecular weight is 1240 g/mol. The maximum Gasteiger partial charge on any atom is 0.318 e. The minimum absolute atomic E-state index is 0.00358. The molecule has 12 atom stereocenters. The molecule has 6 N–H and O–H groups in total. The van der Waals surface area contributed by atoms with E-state index in [9.17, 15) is 37.2 Å². The lowest BCUT2D eigenvalue weighted by molar-refractivity contribution is -0.165. The number of hydroxylamine groups is 2. The summed E-state index contributed by atoms with van der Waals surface area (Å²) in [5, 5.41) is 5.76. The van der Waals surface area contributed by atoms with E-state index in [1.54, 1.807) is 19.2 Å². The third kappa shape index (κ3) is 19.6. The Morgan fingerprint density at radius 3 is 1.02 bits per heavy atom. The van der Waals surface area contributed by atoms with Crippen molar-refractivity contribution in [2.45, 2.75) is 127 Å². The first-order valence-electron chi connectivity index (χ1n) is 31.3. The van der Waals surface area contributed by atoms with E-state index >= 15 is 0 Å². The van der Waals surface area contributed by atoms with Crippen LogP contribution in [-0.4, -0.2) is 63.0 Å². The predicted octanol–water partition coefficient (Wildman–Crippen LogP) is 13.3. The quantitative estimate of drug-likeness (QED) is 0.0419. The van der Waals surface area contributed by atoms with E-state index in [1.807, 2.05) is 166 Å². The van der Waals surface area contributed by atoms with Gasteiger partial charge in [-0.15, -0.1) is 9.35 Å². The second-order valence-electron chi connectivity index (χ2n) is 24.1. The summed E-state index contributed by atoms with van der Waals surface area (Å²) in [6.07, 6.45) is 3.36. The zero-order valence-electron chi connectivity index (χ0n) is 53.5. The van der Waals surface area contributed by atoms with Crippen LogP contribution in [0.5, 0.6) is 0 Å². The minimum atomic E-state index is -4.35. The van der Waals surface area contributed by atoms with Crippen molar-refractivity contribution in [2.75, 3.05) is 14.1 Å². The molecule has 0 aromatic heterocycles. The van der Waals surface area contributed by atoms with Crippen LogP contribution < -0.4 is 22.1 Å². The maximum absolute atomic E-state index is 13.5. The molecule has 476 valence electrons. The number of hydrogen-bond donors (Lipinski definition) is 4. The molecule has 9 rings (SSSR count). The summed E-state index contributed by atoms with van der Waals surface area (Å²) in [6.45, 7) is 14.3. The van der Waals surface area contributed by atoms with E-state index < -0.39 is 51.5 Å². The zero-order chi connectivity index (χ0) is 65.5. The van der Waals surface area contributed by atoms with Crippen molar-refractivity contribution in [1.29, 1.82) is 0 Å². The lowest BCUT2D eigenvalue weighted by Gasteiger charge is -2.28. The molecule has 12 unspecified atom stereocenters. The van der Waals surface area contributed by atoms with Crippen molar-refractivity contribution in [1.82, 2.24) is 15.7 Å². The number of benzene rings is 7. The van der Waals surface area contributed by atoms with Gasteiger partial charge < -0.3 is 16.8 Å². The van der Waals surface area contributed by atoms with E-state index in [1.165, 1.54) is 30.3 Å². The molecule has 0 bridgehead atoms. The molecular weight excluding hydrogens is 1150 g/mol. The molecule has 2 aliphatic heterocycles. The van der Waals surface area contributed by atoms with E-state index in [2.05, 4.69) is 80.5 Å². The van der Waals surface area contributed by atoms with Crippen LogP contribution in [0.3, 0.4) is 0 Å². The molecule has 0 saturated carbocycles. The molecule has 2 fully saturated rings. The van der Waals surface area contributed by atoms with Gasteiger partial charge in [-0.1, -0.05) is 241 Å². The summed E-state index contributed by atoms with van der Waals surface area (Å²) in [7, 11) is -1.24. The second kappa shape index (κ2) is 34.6. The number of nitrogens with two attached hydrogens (primary N) is 2. The summed E-state index contributed by atoms with van der Waals surface area (Å²) >= 11 is 0. The first-order chi connectivity index (χ1) is 43.2. The molecule has 0 aliphatic carbocycles. The number of carbonyl (C=O) groups is 6. The van der Waals surface area contributed by atoms with Gasteiger partial charge in [0, 0.05) is 13.0 Å². The predicted molar refractivity (Wildman–Crippen MR) is 356 cm³/mol. The summed E-state index contributed by atoms with van der Waals surface area (Å²) in [6, 6.07) is 66.1. The maximum atomic E-state index is 13.5. The number of primary amides is 1. The van der Waals surface area contributed by atoms with Crippen molar-refractivity contribution in [2.24, 2.45) is 47.0 Å². The van der Waals surface area contributed by atoms with Crippen molar-refractivity contribution in [3.8, 4) is 0 Å². The lowest BCUT2D eigenvalue weighted by atomic mass is 9.76. The van der Waals surface area contributed by atoms with Crippen LogP contribution in [0.2, 0.25) is 0 Å². The number of aryl methyl sites for hydroxylation is 1. The van der Waals surface area contributed by atoms with E-state index in [-0.39, 0.29) is 70.0 Å². The molecule has 0 spiro atoms. The van der Waals surface area contributed by atoms with Crippen molar-refractivity contribution >= 4 is 45.6 Å². The number of rotatable bonds is 24. The summed E-state index contributed by atoms with van der Waals surface area (Å²) in [4.78, 5) is 76.5. The lowest BCUT2D eigenvalue weighted by Crippen LogP contribution is -2.40. The van der Waals surface area contributed by atoms with Crippen LogP contribution in [0.15, 0.2) is 211 Å². The van der Waals surface area contributed by atoms with Gasteiger partial charge in [0.1, 0.15) is 0 Å². The van der Waals surface area contributed by atoms with Gasteiger partial charge in [-0.05, 0) is 134 Å². The summed E-state index contributed by atoms with van der Waals surface area (Å²) in [5.74, 6) is -4.01. The molecule has 0 radical (unpaired) electrons. The molecule has 2 saturated heterocycles. The monoisotopic (exact) mass is 1240 g/mol. The number of amides is 6. The van der Waals surface area contributed by atoms with Crippen LogP contribution in [0, 0.1) is 42.4 Å². The van der Waals surface area contributed by atoms with Gasteiger partial charge in [-0.2, -0.15) is 8.42 Å². The summed E-state index contributed by atoms with van der Waals surface area (Å²) in [5.41, 5.74) is 18.0. The van der Waals surface area contributed by atoms with Gasteiger partial charge in [0.25, 0.3) is 11.8 Å². The Hall–Kier alpha value is -8.37. The minimum Gasteiger partial charge on any atom is -0.369 e. The SMILES string of the molecule is CC(CC1C(=O)NC(=O)C1CC(C)c1ccccc1)c1ccccc1.CN.CNC(=O)C(CC(C)c1ccccc1)C(CC(C)c1ccccc1)C(N)=O.Cc1ccc(S(=O)(=O)ON2C(=O)C(CC(C)c3ccccc3)C(CC(C)c3ccccc3)C2=O)cc1.